The lowest BCUT2D eigenvalue weighted by Gasteiger charge is -2.15. The van der Waals surface area contributed by atoms with Crippen molar-refractivity contribution in [1.82, 2.24) is 0 Å². The molecule has 0 amide bonds. The fraction of sp³-hybridized carbons (Fsp3) is 0.435. The molecule has 0 bridgehead atoms. The second kappa shape index (κ2) is 8.30. The molecule has 1 atom stereocenters. The van der Waals surface area contributed by atoms with Gasteiger partial charge in [-0.05, 0) is 36.6 Å². The minimum absolute atomic E-state index is 0.776. The summed E-state index contributed by atoms with van der Waals surface area (Å²) >= 11 is 1.86. The lowest BCUT2D eigenvalue weighted by atomic mass is 10.00. The van der Waals surface area contributed by atoms with Crippen LogP contribution in [0.15, 0.2) is 46.3 Å². The van der Waals surface area contributed by atoms with Crippen molar-refractivity contribution < 1.29 is 4.57 Å². The van der Waals surface area contributed by atoms with E-state index in [0.717, 1.165) is 12.5 Å². The van der Waals surface area contributed by atoms with E-state index in [0.29, 0.717) is 0 Å². The van der Waals surface area contributed by atoms with Gasteiger partial charge in [0, 0.05) is 43.8 Å². The number of aromatic nitrogens is 1. The van der Waals surface area contributed by atoms with Crippen LogP contribution < -0.4 is 9.47 Å². The summed E-state index contributed by atoms with van der Waals surface area (Å²) in [7, 11) is 2.16. The number of anilines is 1. The average molecular weight is 368 g/mol. The number of para-hydroxylation sites is 1. The normalized spacial score (nSPS) is 16.2. The molecule has 0 fully saturated rings. The van der Waals surface area contributed by atoms with Crippen LogP contribution in [0, 0.1) is 19.8 Å². The molecule has 2 aromatic rings. The van der Waals surface area contributed by atoms with Crippen molar-refractivity contribution in [2.45, 2.75) is 58.4 Å². The first-order chi connectivity index (χ1) is 12.5. The summed E-state index contributed by atoms with van der Waals surface area (Å²) in [5, 5.41) is 1.29. The minimum atomic E-state index is 0.776. The standard InChI is InChI=1S/C23H31N2S/c1-6-10-19(7-2)16-25-17(3)13-20(14-18(25)4)15-23-24(5)21-11-8-9-12-22(21)26-23/h8-9,11-15,19H,6-7,10,16H2,1-5H3/q+1. The van der Waals surface area contributed by atoms with Crippen molar-refractivity contribution in [3.8, 4) is 0 Å². The molecule has 1 aliphatic heterocycles. The van der Waals surface area contributed by atoms with E-state index in [1.807, 2.05) is 11.8 Å². The quantitative estimate of drug-likeness (QED) is 0.582. The smallest absolute Gasteiger partial charge is 0.179 e. The van der Waals surface area contributed by atoms with Gasteiger partial charge in [-0.1, -0.05) is 44.2 Å². The van der Waals surface area contributed by atoms with Gasteiger partial charge in [-0.2, -0.15) is 4.57 Å². The van der Waals surface area contributed by atoms with Crippen LogP contribution in [0.2, 0.25) is 0 Å². The minimum Gasteiger partial charge on any atom is -0.338 e. The topological polar surface area (TPSA) is 7.12 Å². The van der Waals surface area contributed by atoms with E-state index in [-0.39, 0.29) is 0 Å². The first kappa shape index (κ1) is 19.0. The SMILES string of the molecule is CCCC(CC)C[n+]1c(C)cc(/C=C2\Sc3ccccc3N2C)cc1C. The molecule has 2 nitrogen and oxygen atoms in total. The molecule has 0 saturated carbocycles. The summed E-state index contributed by atoms with van der Waals surface area (Å²) in [6, 6.07) is 13.3. The number of hydrogen-bond acceptors (Lipinski definition) is 2. The number of thioether (sulfide) groups is 1. The Morgan fingerprint density at radius 3 is 2.42 bits per heavy atom. The Labute approximate surface area is 162 Å². The molecular weight excluding hydrogens is 336 g/mol. The Bertz CT molecular complexity index is 787. The van der Waals surface area contributed by atoms with Crippen LogP contribution in [0.3, 0.4) is 0 Å². The Hall–Kier alpha value is -1.74. The van der Waals surface area contributed by atoms with Gasteiger partial charge in [0.1, 0.15) is 0 Å². The summed E-state index contributed by atoms with van der Waals surface area (Å²) in [6.45, 7) is 10.2. The molecule has 0 N–H and O–H groups in total. The van der Waals surface area contributed by atoms with Crippen LogP contribution in [-0.2, 0) is 6.54 Å². The highest BCUT2D eigenvalue weighted by Crippen LogP contribution is 2.45. The molecule has 138 valence electrons. The van der Waals surface area contributed by atoms with Gasteiger partial charge in [0.25, 0.3) is 0 Å². The lowest BCUT2D eigenvalue weighted by Crippen LogP contribution is -2.43. The Kier molecular flexibility index (Phi) is 6.08. The Morgan fingerprint density at radius 2 is 1.81 bits per heavy atom. The monoisotopic (exact) mass is 367 g/mol. The predicted molar refractivity (Wildman–Crippen MR) is 113 cm³/mol. The molecular formula is C23H31N2S+. The summed E-state index contributed by atoms with van der Waals surface area (Å²) in [6.07, 6.45) is 6.16. The molecule has 3 rings (SSSR count). The summed E-state index contributed by atoms with van der Waals surface area (Å²) < 4.78 is 2.49. The van der Waals surface area contributed by atoms with Crippen molar-refractivity contribution in [2.24, 2.45) is 5.92 Å². The zero-order valence-electron chi connectivity index (χ0n) is 16.7. The maximum atomic E-state index is 2.49. The highest BCUT2D eigenvalue weighted by molar-refractivity contribution is 8.03. The Balaban J connectivity index is 1.85. The van der Waals surface area contributed by atoms with Crippen LogP contribution in [0.4, 0.5) is 5.69 Å². The summed E-state index contributed by atoms with van der Waals surface area (Å²) in [5.74, 6) is 0.776. The van der Waals surface area contributed by atoms with E-state index in [1.165, 1.54) is 51.8 Å². The highest BCUT2D eigenvalue weighted by Gasteiger charge is 2.22. The lowest BCUT2D eigenvalue weighted by molar-refractivity contribution is -0.714. The van der Waals surface area contributed by atoms with Gasteiger partial charge in [-0.25, -0.2) is 0 Å². The van der Waals surface area contributed by atoms with Gasteiger partial charge in [0.15, 0.2) is 17.9 Å². The third kappa shape index (κ3) is 3.98. The molecule has 3 heteroatoms. The van der Waals surface area contributed by atoms with E-state index >= 15 is 0 Å². The second-order valence-electron chi connectivity index (χ2n) is 7.36. The number of fused-ring (bicyclic) bond motifs is 1. The molecule has 0 spiro atoms. The third-order valence-electron chi connectivity index (χ3n) is 5.38. The van der Waals surface area contributed by atoms with Crippen molar-refractivity contribution in [3.05, 3.63) is 58.4 Å². The van der Waals surface area contributed by atoms with Gasteiger partial charge < -0.3 is 4.90 Å². The molecule has 2 heterocycles. The highest BCUT2D eigenvalue weighted by atomic mass is 32.2. The first-order valence-electron chi connectivity index (χ1n) is 9.76. The average Bonchev–Trinajstić information content (AvgIpc) is 2.93. The molecule has 0 saturated heterocycles. The molecule has 1 unspecified atom stereocenters. The van der Waals surface area contributed by atoms with E-state index in [9.17, 15) is 0 Å². The van der Waals surface area contributed by atoms with Crippen LogP contribution in [0.5, 0.6) is 0 Å². The van der Waals surface area contributed by atoms with Gasteiger partial charge in [0.05, 0.1) is 10.7 Å². The largest absolute Gasteiger partial charge is 0.338 e. The molecule has 1 aromatic heterocycles. The van der Waals surface area contributed by atoms with Crippen molar-refractivity contribution in [1.29, 1.82) is 0 Å². The molecule has 0 radical (unpaired) electrons. The fourth-order valence-corrected chi connectivity index (χ4v) is 4.92. The van der Waals surface area contributed by atoms with Crippen molar-refractivity contribution in [3.63, 3.8) is 0 Å². The van der Waals surface area contributed by atoms with Gasteiger partial charge in [0.2, 0.25) is 0 Å². The van der Waals surface area contributed by atoms with Crippen molar-refractivity contribution in [2.75, 3.05) is 11.9 Å². The first-order valence-corrected chi connectivity index (χ1v) is 10.6. The molecule has 0 aliphatic carbocycles. The zero-order valence-corrected chi connectivity index (χ0v) is 17.6. The molecule has 26 heavy (non-hydrogen) atoms. The maximum Gasteiger partial charge on any atom is 0.179 e. The number of hydrogen-bond donors (Lipinski definition) is 0. The van der Waals surface area contributed by atoms with Gasteiger partial charge in [-0.3, -0.25) is 0 Å². The maximum absolute atomic E-state index is 2.49. The number of rotatable bonds is 6. The molecule has 1 aromatic carbocycles. The number of nitrogens with zero attached hydrogens (tertiary/aromatic N) is 2. The van der Waals surface area contributed by atoms with Gasteiger partial charge >= 0.3 is 0 Å². The van der Waals surface area contributed by atoms with Crippen LogP contribution in [0.25, 0.3) is 6.08 Å². The van der Waals surface area contributed by atoms with Crippen molar-refractivity contribution >= 4 is 23.5 Å². The third-order valence-corrected chi connectivity index (χ3v) is 6.55. The number of pyridine rings is 1. The van der Waals surface area contributed by atoms with E-state index < -0.39 is 0 Å². The zero-order chi connectivity index (χ0) is 18.7. The fourth-order valence-electron chi connectivity index (χ4n) is 3.81. The Morgan fingerprint density at radius 1 is 1.12 bits per heavy atom. The number of benzene rings is 1. The van der Waals surface area contributed by atoms with Crippen LogP contribution in [-0.4, -0.2) is 7.05 Å². The summed E-state index contributed by atoms with van der Waals surface area (Å²) in [4.78, 5) is 3.63. The van der Waals surface area contributed by atoms with E-state index in [4.69, 9.17) is 0 Å². The summed E-state index contributed by atoms with van der Waals surface area (Å²) in [5.41, 5.74) is 5.31. The second-order valence-corrected chi connectivity index (χ2v) is 8.42. The number of aryl methyl sites for hydroxylation is 2. The van der Waals surface area contributed by atoms with Gasteiger partial charge in [-0.15, -0.1) is 0 Å². The van der Waals surface area contributed by atoms with Crippen LogP contribution in [0.1, 0.15) is 50.1 Å². The molecule has 1 aliphatic rings. The van der Waals surface area contributed by atoms with Crippen LogP contribution >= 0.6 is 11.8 Å². The predicted octanol–water partition coefficient (Wildman–Crippen LogP) is 5.96. The van der Waals surface area contributed by atoms with E-state index in [2.05, 4.69) is 86.7 Å². The van der Waals surface area contributed by atoms with E-state index in [1.54, 1.807) is 0 Å².